The first-order chi connectivity index (χ1) is 9.08. The van der Waals surface area contributed by atoms with Gasteiger partial charge >= 0.3 is 0 Å². The molecule has 0 spiro atoms. The molecule has 106 valence electrons. The van der Waals surface area contributed by atoms with Gasteiger partial charge in [0.1, 0.15) is 11.6 Å². The van der Waals surface area contributed by atoms with Gasteiger partial charge in [-0.15, -0.1) is 0 Å². The molecule has 0 aromatic heterocycles. The molecule has 3 atom stereocenters. The van der Waals surface area contributed by atoms with Crippen molar-refractivity contribution in [2.24, 2.45) is 11.8 Å². The van der Waals surface area contributed by atoms with Gasteiger partial charge in [0.2, 0.25) is 0 Å². The van der Waals surface area contributed by atoms with E-state index in [1.54, 1.807) is 0 Å². The molecule has 1 fully saturated rings. The maximum absolute atomic E-state index is 13.5. The molecule has 1 aromatic carbocycles. The van der Waals surface area contributed by atoms with Crippen LogP contribution in [0.4, 0.5) is 8.78 Å². The first-order valence-electron chi connectivity index (χ1n) is 6.91. The quantitative estimate of drug-likeness (QED) is 0.861. The lowest BCUT2D eigenvalue weighted by Crippen LogP contribution is -2.28. The summed E-state index contributed by atoms with van der Waals surface area (Å²) < 4.78 is 26.5. The van der Waals surface area contributed by atoms with Crippen LogP contribution in [0.2, 0.25) is 0 Å². The van der Waals surface area contributed by atoms with Gasteiger partial charge in [0.15, 0.2) is 0 Å². The Morgan fingerprint density at radius 3 is 2.84 bits per heavy atom. The predicted molar refractivity (Wildman–Crippen MR) is 70.7 cm³/mol. The molecule has 1 aromatic rings. The second-order valence-corrected chi connectivity index (χ2v) is 5.51. The number of halogens is 2. The average molecular weight is 269 g/mol. The van der Waals surface area contributed by atoms with Gasteiger partial charge in [-0.25, -0.2) is 8.78 Å². The van der Waals surface area contributed by atoms with E-state index in [4.69, 9.17) is 0 Å². The summed E-state index contributed by atoms with van der Waals surface area (Å²) in [6.07, 6.45) is 2.72. The van der Waals surface area contributed by atoms with Crippen molar-refractivity contribution in [3.05, 3.63) is 35.4 Å². The Bertz CT molecular complexity index is 425. The number of aliphatic hydroxyl groups is 1. The molecule has 1 aliphatic carbocycles. The SMILES string of the molecule is CC1CCCC1CNCC(O)c1cc(F)ccc1F. The fourth-order valence-corrected chi connectivity index (χ4v) is 2.81. The molecule has 4 heteroatoms. The fraction of sp³-hybridized carbons (Fsp3) is 0.600. The van der Waals surface area contributed by atoms with Crippen LogP contribution in [0, 0.1) is 23.5 Å². The maximum Gasteiger partial charge on any atom is 0.129 e. The Labute approximate surface area is 112 Å². The smallest absolute Gasteiger partial charge is 0.129 e. The monoisotopic (exact) mass is 269 g/mol. The zero-order valence-electron chi connectivity index (χ0n) is 11.2. The standard InChI is InChI=1S/C15H21F2NO/c1-10-3-2-4-11(10)8-18-9-15(19)13-7-12(16)5-6-14(13)17/h5-7,10-11,15,18-19H,2-4,8-9H2,1H3. The van der Waals surface area contributed by atoms with Crippen molar-refractivity contribution in [2.45, 2.75) is 32.3 Å². The van der Waals surface area contributed by atoms with Crippen LogP contribution in [0.3, 0.4) is 0 Å². The van der Waals surface area contributed by atoms with Crippen molar-refractivity contribution >= 4 is 0 Å². The van der Waals surface area contributed by atoms with Gasteiger partial charge in [-0.05, 0) is 43.0 Å². The van der Waals surface area contributed by atoms with E-state index >= 15 is 0 Å². The predicted octanol–water partition coefficient (Wildman–Crippen LogP) is 3.02. The molecule has 2 nitrogen and oxygen atoms in total. The molecule has 0 bridgehead atoms. The number of aliphatic hydroxyl groups excluding tert-OH is 1. The van der Waals surface area contributed by atoms with Crippen molar-refractivity contribution < 1.29 is 13.9 Å². The highest BCUT2D eigenvalue weighted by Crippen LogP contribution is 2.30. The van der Waals surface area contributed by atoms with Crippen LogP contribution in [-0.4, -0.2) is 18.2 Å². The van der Waals surface area contributed by atoms with Crippen LogP contribution in [0.1, 0.15) is 37.9 Å². The van der Waals surface area contributed by atoms with E-state index in [-0.39, 0.29) is 12.1 Å². The third kappa shape index (κ3) is 3.74. The summed E-state index contributed by atoms with van der Waals surface area (Å²) in [5.41, 5.74) is 0.0203. The van der Waals surface area contributed by atoms with Crippen LogP contribution in [0.5, 0.6) is 0 Å². The van der Waals surface area contributed by atoms with E-state index in [9.17, 15) is 13.9 Å². The maximum atomic E-state index is 13.5. The number of nitrogens with one attached hydrogen (secondary N) is 1. The highest BCUT2D eigenvalue weighted by atomic mass is 19.1. The summed E-state index contributed by atoms with van der Waals surface area (Å²) in [5.74, 6) is 0.241. The molecule has 0 saturated heterocycles. The van der Waals surface area contributed by atoms with E-state index < -0.39 is 17.7 Å². The van der Waals surface area contributed by atoms with E-state index in [2.05, 4.69) is 12.2 Å². The Morgan fingerprint density at radius 2 is 2.16 bits per heavy atom. The van der Waals surface area contributed by atoms with Crippen LogP contribution in [0.25, 0.3) is 0 Å². The second-order valence-electron chi connectivity index (χ2n) is 5.51. The van der Waals surface area contributed by atoms with Gasteiger partial charge < -0.3 is 10.4 Å². The minimum atomic E-state index is -1.01. The van der Waals surface area contributed by atoms with E-state index in [1.807, 2.05) is 0 Å². The normalized spacial score (nSPS) is 24.6. The molecule has 0 radical (unpaired) electrons. The Balaban J connectivity index is 1.83. The van der Waals surface area contributed by atoms with E-state index in [1.165, 1.54) is 19.3 Å². The molecule has 0 heterocycles. The van der Waals surface area contributed by atoms with Crippen LogP contribution in [0.15, 0.2) is 18.2 Å². The number of hydrogen-bond acceptors (Lipinski definition) is 2. The summed E-state index contributed by atoms with van der Waals surface area (Å²) in [7, 11) is 0. The topological polar surface area (TPSA) is 32.3 Å². The number of hydrogen-bond donors (Lipinski definition) is 2. The zero-order chi connectivity index (χ0) is 13.8. The van der Waals surface area contributed by atoms with Gasteiger partial charge in [0, 0.05) is 12.1 Å². The van der Waals surface area contributed by atoms with Gasteiger partial charge in [0.25, 0.3) is 0 Å². The first-order valence-corrected chi connectivity index (χ1v) is 6.91. The second kappa shape index (κ2) is 6.44. The first kappa shape index (κ1) is 14.4. The minimum Gasteiger partial charge on any atom is -0.387 e. The summed E-state index contributed by atoms with van der Waals surface area (Å²) in [5, 5.41) is 13.1. The Morgan fingerprint density at radius 1 is 1.37 bits per heavy atom. The summed E-state index contributed by atoms with van der Waals surface area (Å²) in [6.45, 7) is 3.32. The average Bonchev–Trinajstić information content (AvgIpc) is 2.78. The lowest BCUT2D eigenvalue weighted by molar-refractivity contribution is 0.166. The van der Waals surface area contributed by atoms with Crippen LogP contribution >= 0.6 is 0 Å². The van der Waals surface area contributed by atoms with Gasteiger partial charge in [-0.2, -0.15) is 0 Å². The van der Waals surface area contributed by atoms with Crippen molar-refractivity contribution in [3.63, 3.8) is 0 Å². The molecule has 0 amide bonds. The lowest BCUT2D eigenvalue weighted by atomic mass is 9.98. The zero-order valence-corrected chi connectivity index (χ0v) is 11.2. The Hall–Kier alpha value is -1.00. The molecule has 0 aliphatic heterocycles. The van der Waals surface area contributed by atoms with Crippen molar-refractivity contribution in [1.29, 1.82) is 0 Å². The van der Waals surface area contributed by atoms with Crippen molar-refractivity contribution in [2.75, 3.05) is 13.1 Å². The molecule has 2 rings (SSSR count). The molecule has 2 N–H and O–H groups in total. The molecule has 19 heavy (non-hydrogen) atoms. The molecule has 3 unspecified atom stereocenters. The minimum absolute atomic E-state index is 0.0203. The van der Waals surface area contributed by atoms with Crippen LogP contribution < -0.4 is 5.32 Å². The highest BCUT2D eigenvalue weighted by Gasteiger charge is 2.23. The van der Waals surface area contributed by atoms with Crippen molar-refractivity contribution in [1.82, 2.24) is 5.32 Å². The lowest BCUT2D eigenvalue weighted by Gasteiger charge is -2.18. The molecular formula is C15H21F2NO. The van der Waals surface area contributed by atoms with Crippen LogP contribution in [-0.2, 0) is 0 Å². The van der Waals surface area contributed by atoms with Gasteiger partial charge in [0.05, 0.1) is 6.10 Å². The number of rotatable bonds is 5. The molecule has 1 aliphatic rings. The third-order valence-corrected chi connectivity index (χ3v) is 4.10. The van der Waals surface area contributed by atoms with E-state index in [0.29, 0.717) is 11.8 Å². The summed E-state index contributed by atoms with van der Waals surface area (Å²) in [6, 6.07) is 3.16. The summed E-state index contributed by atoms with van der Waals surface area (Å²) >= 11 is 0. The number of benzene rings is 1. The third-order valence-electron chi connectivity index (χ3n) is 4.10. The van der Waals surface area contributed by atoms with Gasteiger partial charge in [-0.3, -0.25) is 0 Å². The molecule has 1 saturated carbocycles. The van der Waals surface area contributed by atoms with Crippen molar-refractivity contribution in [3.8, 4) is 0 Å². The Kier molecular flexibility index (Phi) is 4.88. The largest absolute Gasteiger partial charge is 0.387 e. The molecular weight excluding hydrogens is 248 g/mol. The summed E-state index contributed by atoms with van der Waals surface area (Å²) in [4.78, 5) is 0. The fourth-order valence-electron chi connectivity index (χ4n) is 2.81. The highest BCUT2D eigenvalue weighted by molar-refractivity contribution is 5.21. The van der Waals surface area contributed by atoms with Gasteiger partial charge in [-0.1, -0.05) is 19.8 Å². The van der Waals surface area contributed by atoms with E-state index in [0.717, 1.165) is 24.7 Å².